The normalized spacial score (nSPS) is 20.0. The highest BCUT2D eigenvalue weighted by Crippen LogP contribution is 2.27. The smallest absolute Gasteiger partial charge is 0.234 e. The van der Waals surface area contributed by atoms with Gasteiger partial charge in [-0.25, -0.2) is 8.42 Å². The average molecular weight is 354 g/mol. The fourth-order valence-corrected chi connectivity index (χ4v) is 4.27. The van der Waals surface area contributed by atoms with E-state index >= 15 is 0 Å². The number of halogens is 2. The van der Waals surface area contributed by atoms with Gasteiger partial charge in [-0.2, -0.15) is 0 Å². The van der Waals surface area contributed by atoms with E-state index < -0.39 is 10.0 Å². The molecule has 1 saturated heterocycles. The zero-order valence-corrected chi connectivity index (χ0v) is 12.8. The van der Waals surface area contributed by atoms with Crippen LogP contribution in [0.5, 0.6) is 0 Å². The molecule has 0 bridgehead atoms. The monoisotopic (exact) mass is 352 g/mol. The Hall–Kier alpha value is -0.300. The summed E-state index contributed by atoms with van der Waals surface area (Å²) in [6.45, 7) is 0.894. The summed E-state index contributed by atoms with van der Waals surface area (Å²) in [6.07, 6.45) is 1.94. The molecule has 2 rings (SSSR count). The first-order valence-electron chi connectivity index (χ1n) is 5.65. The van der Waals surface area contributed by atoms with Gasteiger partial charge < -0.3 is 5.32 Å². The third-order valence-electron chi connectivity index (χ3n) is 2.78. The van der Waals surface area contributed by atoms with Gasteiger partial charge in [-0.1, -0.05) is 11.6 Å². The van der Waals surface area contributed by atoms with Crippen molar-refractivity contribution in [3.8, 4) is 0 Å². The van der Waals surface area contributed by atoms with Crippen molar-refractivity contribution in [2.75, 3.05) is 17.0 Å². The second-order valence-electron chi connectivity index (χ2n) is 4.30. The van der Waals surface area contributed by atoms with Gasteiger partial charge in [-0.15, -0.1) is 0 Å². The molecule has 1 unspecified atom stereocenters. The Morgan fingerprint density at radius 2 is 2.28 bits per heavy atom. The van der Waals surface area contributed by atoms with Crippen molar-refractivity contribution in [2.24, 2.45) is 0 Å². The lowest BCUT2D eigenvalue weighted by molar-refractivity contribution is 0.582. The molecule has 18 heavy (non-hydrogen) atoms. The van der Waals surface area contributed by atoms with E-state index in [0.29, 0.717) is 15.2 Å². The van der Waals surface area contributed by atoms with Crippen LogP contribution in [-0.2, 0) is 10.0 Å². The molecular formula is C11H14BrClN2O2S. The summed E-state index contributed by atoms with van der Waals surface area (Å²) in [5.74, 6) is 0.0993. The third-order valence-corrected chi connectivity index (χ3v) is 5.04. The molecule has 1 aromatic rings. The highest BCUT2D eigenvalue weighted by atomic mass is 79.9. The van der Waals surface area contributed by atoms with E-state index in [1.165, 1.54) is 0 Å². The SMILES string of the molecule is O=S(=O)(CC1CCCN1)Nc1ccc(Cl)cc1Br. The predicted molar refractivity (Wildman–Crippen MR) is 77.6 cm³/mol. The summed E-state index contributed by atoms with van der Waals surface area (Å²) in [4.78, 5) is 0. The lowest BCUT2D eigenvalue weighted by atomic mass is 10.3. The minimum atomic E-state index is -3.34. The molecule has 0 aliphatic carbocycles. The Labute approximate surface area is 120 Å². The highest BCUT2D eigenvalue weighted by Gasteiger charge is 2.22. The van der Waals surface area contributed by atoms with E-state index in [1.54, 1.807) is 18.2 Å². The summed E-state index contributed by atoms with van der Waals surface area (Å²) in [5, 5.41) is 3.73. The van der Waals surface area contributed by atoms with Crippen molar-refractivity contribution in [1.82, 2.24) is 5.32 Å². The fraction of sp³-hybridized carbons (Fsp3) is 0.455. The summed E-state index contributed by atoms with van der Waals surface area (Å²) < 4.78 is 27.2. The van der Waals surface area contributed by atoms with E-state index in [-0.39, 0.29) is 11.8 Å². The molecule has 2 N–H and O–H groups in total. The summed E-state index contributed by atoms with van der Waals surface area (Å²) in [6, 6.07) is 5.01. The van der Waals surface area contributed by atoms with E-state index in [2.05, 4.69) is 26.0 Å². The van der Waals surface area contributed by atoms with Crippen LogP contribution >= 0.6 is 27.5 Å². The molecule has 0 amide bonds. The van der Waals surface area contributed by atoms with Crippen LogP contribution in [0.3, 0.4) is 0 Å². The van der Waals surface area contributed by atoms with Crippen LogP contribution in [0.2, 0.25) is 5.02 Å². The molecule has 1 fully saturated rings. The second kappa shape index (κ2) is 5.77. The maximum atomic E-state index is 12.0. The average Bonchev–Trinajstić information content (AvgIpc) is 2.74. The predicted octanol–water partition coefficient (Wildman–Crippen LogP) is 2.60. The van der Waals surface area contributed by atoms with Crippen LogP contribution in [0.1, 0.15) is 12.8 Å². The molecule has 1 aliphatic rings. The molecule has 100 valence electrons. The number of sulfonamides is 1. The van der Waals surface area contributed by atoms with Crippen molar-refractivity contribution in [3.05, 3.63) is 27.7 Å². The topological polar surface area (TPSA) is 58.2 Å². The lowest BCUT2D eigenvalue weighted by Crippen LogP contribution is -2.32. The molecule has 1 aliphatic heterocycles. The first-order valence-corrected chi connectivity index (χ1v) is 8.47. The van der Waals surface area contributed by atoms with Gasteiger partial charge >= 0.3 is 0 Å². The van der Waals surface area contributed by atoms with E-state index in [9.17, 15) is 8.42 Å². The van der Waals surface area contributed by atoms with E-state index in [1.807, 2.05) is 0 Å². The van der Waals surface area contributed by atoms with Crippen LogP contribution in [-0.4, -0.2) is 26.8 Å². The summed E-state index contributed by atoms with van der Waals surface area (Å²) in [5.41, 5.74) is 0.511. The Bertz CT molecular complexity index is 530. The molecule has 0 spiro atoms. The van der Waals surface area contributed by atoms with Crippen molar-refractivity contribution >= 4 is 43.2 Å². The Kier molecular flexibility index (Phi) is 4.53. The van der Waals surface area contributed by atoms with Gasteiger partial charge in [-0.05, 0) is 53.5 Å². The van der Waals surface area contributed by atoms with Gasteiger partial charge in [0.05, 0.1) is 11.4 Å². The summed E-state index contributed by atoms with van der Waals surface area (Å²) in [7, 11) is -3.34. The molecule has 0 radical (unpaired) electrons. The molecule has 0 saturated carbocycles. The van der Waals surface area contributed by atoms with Gasteiger partial charge in [0.15, 0.2) is 0 Å². The highest BCUT2D eigenvalue weighted by molar-refractivity contribution is 9.10. The quantitative estimate of drug-likeness (QED) is 0.875. The molecule has 1 heterocycles. The molecule has 1 aromatic carbocycles. The maximum absolute atomic E-state index is 12.0. The lowest BCUT2D eigenvalue weighted by Gasteiger charge is -2.13. The standard InChI is InChI=1S/C11H14BrClN2O2S/c12-10-6-8(13)3-4-11(10)15-18(16,17)7-9-2-1-5-14-9/h3-4,6,9,14-15H,1-2,5,7H2. The first-order chi connectivity index (χ1) is 8.46. The zero-order valence-electron chi connectivity index (χ0n) is 9.62. The Balaban J connectivity index is 2.07. The Morgan fingerprint density at radius 1 is 1.50 bits per heavy atom. The first kappa shape index (κ1) is 14.1. The third kappa shape index (κ3) is 3.85. The number of hydrogen-bond acceptors (Lipinski definition) is 3. The molecular weight excluding hydrogens is 340 g/mol. The molecule has 7 heteroatoms. The number of nitrogens with one attached hydrogen (secondary N) is 2. The van der Waals surface area contributed by atoms with Crippen molar-refractivity contribution in [3.63, 3.8) is 0 Å². The maximum Gasteiger partial charge on any atom is 0.234 e. The van der Waals surface area contributed by atoms with Crippen LogP contribution in [0.15, 0.2) is 22.7 Å². The number of hydrogen-bond donors (Lipinski definition) is 2. The molecule has 1 atom stereocenters. The van der Waals surface area contributed by atoms with Gasteiger partial charge in [0, 0.05) is 15.5 Å². The van der Waals surface area contributed by atoms with Crippen molar-refractivity contribution < 1.29 is 8.42 Å². The number of benzene rings is 1. The number of rotatable bonds is 4. The van der Waals surface area contributed by atoms with Gasteiger partial charge in [0.25, 0.3) is 0 Å². The minimum Gasteiger partial charge on any atom is -0.313 e. The molecule has 0 aromatic heterocycles. The minimum absolute atomic E-state index is 0.0496. The van der Waals surface area contributed by atoms with E-state index in [4.69, 9.17) is 11.6 Å². The summed E-state index contributed by atoms with van der Waals surface area (Å²) >= 11 is 9.09. The van der Waals surface area contributed by atoms with Crippen LogP contribution < -0.4 is 10.0 Å². The zero-order chi connectivity index (χ0) is 13.2. The largest absolute Gasteiger partial charge is 0.313 e. The van der Waals surface area contributed by atoms with Gasteiger partial charge in [0.2, 0.25) is 10.0 Å². The van der Waals surface area contributed by atoms with E-state index in [0.717, 1.165) is 19.4 Å². The van der Waals surface area contributed by atoms with Crippen molar-refractivity contribution in [2.45, 2.75) is 18.9 Å². The molecule has 4 nitrogen and oxygen atoms in total. The van der Waals surface area contributed by atoms with Crippen molar-refractivity contribution in [1.29, 1.82) is 0 Å². The van der Waals surface area contributed by atoms with Gasteiger partial charge in [-0.3, -0.25) is 4.72 Å². The van der Waals surface area contributed by atoms with Gasteiger partial charge in [0.1, 0.15) is 0 Å². The Morgan fingerprint density at radius 3 is 2.89 bits per heavy atom. The fourth-order valence-electron chi connectivity index (χ4n) is 1.95. The second-order valence-corrected chi connectivity index (χ2v) is 7.36. The van der Waals surface area contributed by atoms with Crippen LogP contribution in [0.25, 0.3) is 0 Å². The van der Waals surface area contributed by atoms with Crippen LogP contribution in [0.4, 0.5) is 5.69 Å². The van der Waals surface area contributed by atoms with Crippen LogP contribution in [0, 0.1) is 0 Å². The number of anilines is 1.